The van der Waals surface area contributed by atoms with Gasteiger partial charge < -0.3 is 10.6 Å². The molecule has 2 N–H and O–H groups in total. The summed E-state index contributed by atoms with van der Waals surface area (Å²) in [5.41, 5.74) is 4.55. The molecule has 2 amide bonds. The largest absolute Gasteiger partial charge is 0.355 e. The minimum atomic E-state index is -0.183. The Morgan fingerprint density at radius 2 is 1.61 bits per heavy atom. The van der Waals surface area contributed by atoms with Gasteiger partial charge in [0.15, 0.2) is 0 Å². The van der Waals surface area contributed by atoms with Gasteiger partial charge in [-0.05, 0) is 55.5 Å². The van der Waals surface area contributed by atoms with Crippen molar-refractivity contribution < 1.29 is 9.59 Å². The average Bonchev–Trinajstić information content (AvgIpc) is 2.71. The molecule has 174 valence electrons. The van der Waals surface area contributed by atoms with E-state index in [-0.39, 0.29) is 11.8 Å². The first-order chi connectivity index (χ1) is 14.3. The number of nitrogens with one attached hydrogen (secondary N) is 2. The third-order valence-corrected chi connectivity index (χ3v) is 4.15. The lowest BCUT2D eigenvalue weighted by atomic mass is 9.94. The zero-order chi connectivity index (χ0) is 25.2. The Kier molecular flexibility index (Phi) is 19.0. The Bertz CT molecular complexity index is 764. The average molecular weight is 430 g/mol. The maximum Gasteiger partial charge on any atom is 0.251 e. The van der Waals surface area contributed by atoms with Crippen LogP contribution in [0.2, 0.25) is 0 Å². The van der Waals surface area contributed by atoms with Gasteiger partial charge in [-0.3, -0.25) is 9.59 Å². The number of carbonyl (C=O) groups excluding carboxylic acids is 2. The number of carbonyl (C=O) groups is 2. The van der Waals surface area contributed by atoms with E-state index in [1.165, 1.54) is 25.0 Å². The lowest BCUT2D eigenvalue weighted by Gasteiger charge is -2.12. The zero-order valence-electron chi connectivity index (χ0n) is 21.5. The summed E-state index contributed by atoms with van der Waals surface area (Å²) in [5, 5.41) is 13.6. The van der Waals surface area contributed by atoms with Crippen molar-refractivity contribution in [2.75, 3.05) is 7.05 Å². The van der Waals surface area contributed by atoms with Gasteiger partial charge in [0.25, 0.3) is 5.91 Å². The molecule has 5 nitrogen and oxygen atoms in total. The van der Waals surface area contributed by atoms with Crippen molar-refractivity contribution in [1.82, 2.24) is 10.6 Å². The van der Waals surface area contributed by atoms with E-state index >= 15 is 0 Å². The van der Waals surface area contributed by atoms with Gasteiger partial charge in [0.05, 0.1) is 5.57 Å². The molecule has 0 bridgehead atoms. The van der Waals surface area contributed by atoms with Crippen LogP contribution in [0.4, 0.5) is 0 Å². The fourth-order valence-electron chi connectivity index (χ4n) is 1.64. The number of hydrogen-bond donors (Lipinski definition) is 2. The Hall–Kier alpha value is -2.87. The minimum Gasteiger partial charge on any atom is -0.355 e. The first-order valence-electron chi connectivity index (χ1n) is 10.6. The van der Waals surface area contributed by atoms with Gasteiger partial charge in [0, 0.05) is 25.2 Å². The maximum absolute atomic E-state index is 11.2. The molecule has 0 aromatic heterocycles. The molecule has 0 saturated carbocycles. The highest BCUT2D eigenvalue weighted by Crippen LogP contribution is 2.16. The summed E-state index contributed by atoms with van der Waals surface area (Å²) in [5.74, 6) is -0.213. The third kappa shape index (κ3) is 17.7. The molecule has 0 fully saturated rings. The molecule has 0 aliphatic heterocycles. The van der Waals surface area contributed by atoms with E-state index in [9.17, 15) is 9.59 Å². The normalized spacial score (nSPS) is 10.1. The lowest BCUT2D eigenvalue weighted by molar-refractivity contribution is -0.118. The molecule has 0 atom stereocenters. The molecular weight excluding hydrogens is 386 g/mol. The van der Waals surface area contributed by atoms with E-state index in [0.29, 0.717) is 16.7 Å². The number of benzene rings is 1. The topological polar surface area (TPSA) is 82.0 Å². The highest BCUT2D eigenvalue weighted by molar-refractivity contribution is 5.94. The highest BCUT2D eigenvalue weighted by atomic mass is 16.2. The van der Waals surface area contributed by atoms with Gasteiger partial charge in [0.1, 0.15) is 6.07 Å². The van der Waals surface area contributed by atoms with E-state index in [2.05, 4.69) is 44.9 Å². The van der Waals surface area contributed by atoms with Crippen LogP contribution in [-0.4, -0.2) is 18.9 Å². The highest BCUT2D eigenvalue weighted by Gasteiger charge is 2.03. The summed E-state index contributed by atoms with van der Waals surface area (Å²) in [6.45, 7) is 23.4. The van der Waals surface area contributed by atoms with Crippen molar-refractivity contribution in [2.24, 2.45) is 5.41 Å². The van der Waals surface area contributed by atoms with Crippen LogP contribution >= 0.6 is 0 Å². The quantitative estimate of drug-likeness (QED) is 0.441. The number of nitriles is 1. The van der Waals surface area contributed by atoms with Gasteiger partial charge in [0.2, 0.25) is 5.91 Å². The molecule has 0 aliphatic carbocycles. The monoisotopic (exact) mass is 429 g/mol. The van der Waals surface area contributed by atoms with Crippen LogP contribution in [-0.2, 0) is 4.79 Å². The number of rotatable bonds is 3. The molecule has 1 rings (SSSR count). The van der Waals surface area contributed by atoms with Crippen molar-refractivity contribution in [3.63, 3.8) is 0 Å². The number of aryl methyl sites for hydroxylation is 2. The molecule has 31 heavy (non-hydrogen) atoms. The van der Waals surface area contributed by atoms with Crippen LogP contribution in [0.3, 0.4) is 0 Å². The Balaban J connectivity index is -0.000000382. The Morgan fingerprint density at radius 3 is 1.90 bits per heavy atom. The van der Waals surface area contributed by atoms with Crippen LogP contribution in [0.25, 0.3) is 0 Å². The van der Waals surface area contributed by atoms with E-state index < -0.39 is 0 Å². The predicted molar refractivity (Wildman–Crippen MR) is 133 cm³/mol. The van der Waals surface area contributed by atoms with Crippen molar-refractivity contribution in [3.8, 4) is 6.07 Å². The Morgan fingerprint density at radius 1 is 1.13 bits per heavy atom. The summed E-state index contributed by atoms with van der Waals surface area (Å²) in [6, 6.07) is 7.59. The van der Waals surface area contributed by atoms with E-state index in [0.717, 1.165) is 11.1 Å². The summed E-state index contributed by atoms with van der Waals surface area (Å²) >= 11 is 0. The maximum atomic E-state index is 11.2. The van der Waals surface area contributed by atoms with Crippen molar-refractivity contribution in [1.29, 1.82) is 5.26 Å². The molecule has 0 saturated heterocycles. The van der Waals surface area contributed by atoms with Gasteiger partial charge in [-0.25, -0.2) is 0 Å². The van der Waals surface area contributed by atoms with Crippen LogP contribution in [0.5, 0.6) is 0 Å². The molecule has 0 heterocycles. The summed E-state index contributed by atoms with van der Waals surface area (Å²) in [7, 11) is 1.64. The molecule has 0 radical (unpaired) electrons. The molecule has 5 heteroatoms. The smallest absolute Gasteiger partial charge is 0.251 e. The summed E-state index contributed by atoms with van der Waals surface area (Å²) in [4.78, 5) is 21.7. The van der Waals surface area contributed by atoms with Gasteiger partial charge in [-0.15, -0.1) is 0 Å². The van der Waals surface area contributed by atoms with E-state index in [4.69, 9.17) is 5.26 Å². The SMILES string of the molecule is C=C/C(C#N)=C(/C)NC(C)=O.CC.CCC(C)(C)C.CNC(=O)c1ccc(C)c(C)c1. The number of allylic oxidation sites excluding steroid dienone is 3. The van der Waals surface area contributed by atoms with Crippen molar-refractivity contribution in [3.05, 3.63) is 58.8 Å². The number of hydrogen-bond acceptors (Lipinski definition) is 3. The fourth-order valence-corrected chi connectivity index (χ4v) is 1.64. The van der Waals surface area contributed by atoms with Crippen LogP contribution < -0.4 is 10.6 Å². The van der Waals surface area contributed by atoms with Crippen LogP contribution in [0.1, 0.15) is 83.3 Å². The first kappa shape index (κ1) is 32.8. The summed E-state index contributed by atoms with van der Waals surface area (Å²) in [6.07, 6.45) is 2.68. The third-order valence-electron chi connectivity index (χ3n) is 4.15. The predicted octanol–water partition coefficient (Wildman–Crippen LogP) is 6.24. The van der Waals surface area contributed by atoms with Crippen molar-refractivity contribution in [2.45, 2.75) is 75.7 Å². The van der Waals surface area contributed by atoms with Crippen molar-refractivity contribution >= 4 is 11.8 Å². The van der Waals surface area contributed by atoms with Crippen LogP contribution in [0.15, 0.2) is 42.1 Å². The molecule has 1 aromatic rings. The Labute approximate surface area is 190 Å². The number of amides is 2. The van der Waals surface area contributed by atoms with E-state index in [1.807, 2.05) is 52.0 Å². The van der Waals surface area contributed by atoms with Gasteiger partial charge >= 0.3 is 0 Å². The summed E-state index contributed by atoms with van der Waals surface area (Å²) < 4.78 is 0. The molecular formula is C26H43N3O2. The standard InChI is InChI=1S/C10H13NO.C8H10N2O.C6H14.C2H6/c1-7-4-5-9(6-8(7)2)10(12)11-3;1-4-8(5-9)6(2)10-7(3)11;1-5-6(2,3)4;1-2/h4-6H,1-3H3,(H,11,12);4H,1H2,2-3H3,(H,10,11);5H2,1-4H3;1-2H3/b;8-6+;;. The second kappa shape index (κ2) is 17.9. The first-order valence-corrected chi connectivity index (χ1v) is 10.6. The molecule has 0 aliphatic rings. The zero-order valence-corrected chi connectivity index (χ0v) is 21.5. The second-order valence-electron chi connectivity index (χ2n) is 7.83. The minimum absolute atomic E-state index is 0.0295. The molecule has 1 aromatic carbocycles. The fraction of sp³-hybridized carbons (Fsp3) is 0.500. The second-order valence-corrected chi connectivity index (χ2v) is 7.83. The molecule has 0 unspecified atom stereocenters. The number of nitrogens with zero attached hydrogens (tertiary/aromatic N) is 1. The van der Waals surface area contributed by atoms with E-state index in [1.54, 1.807) is 14.0 Å². The lowest BCUT2D eigenvalue weighted by Crippen LogP contribution is -2.18. The van der Waals surface area contributed by atoms with Crippen LogP contribution in [0, 0.1) is 30.6 Å². The molecule has 0 spiro atoms. The van der Waals surface area contributed by atoms with Gasteiger partial charge in [-0.1, -0.05) is 60.6 Å². The van der Waals surface area contributed by atoms with Gasteiger partial charge in [-0.2, -0.15) is 5.26 Å².